The molecule has 0 aliphatic rings. The molecule has 0 saturated heterocycles. The predicted octanol–water partition coefficient (Wildman–Crippen LogP) is 4.84. The fourth-order valence-electron chi connectivity index (χ4n) is 1.70. The van der Waals surface area contributed by atoms with Gasteiger partial charge in [0.15, 0.2) is 0 Å². The molecule has 0 heterocycles. The molecular formula is C16H14Cl2N2O. The van der Waals surface area contributed by atoms with Gasteiger partial charge in [0, 0.05) is 23.5 Å². The molecule has 0 radical (unpaired) electrons. The molecule has 1 amide bonds. The quantitative estimate of drug-likeness (QED) is 0.774. The first-order chi connectivity index (χ1) is 10.1. The molecule has 0 atom stereocenters. The minimum Gasteiger partial charge on any atom is -0.382 e. The van der Waals surface area contributed by atoms with Crippen LogP contribution in [0.25, 0.3) is 0 Å². The number of hydrogen-bond acceptors (Lipinski definition) is 2. The van der Waals surface area contributed by atoms with Crippen molar-refractivity contribution in [3.8, 4) is 0 Å². The first-order valence-electron chi connectivity index (χ1n) is 6.31. The molecule has 0 aliphatic carbocycles. The van der Waals surface area contributed by atoms with Crippen LogP contribution in [0, 0.1) is 0 Å². The number of benzene rings is 2. The Morgan fingerprint density at radius 1 is 1.05 bits per heavy atom. The van der Waals surface area contributed by atoms with Gasteiger partial charge in [0.2, 0.25) is 0 Å². The van der Waals surface area contributed by atoms with Gasteiger partial charge >= 0.3 is 0 Å². The zero-order valence-corrected chi connectivity index (χ0v) is 12.7. The van der Waals surface area contributed by atoms with Crippen LogP contribution in [0.15, 0.2) is 55.1 Å². The minimum atomic E-state index is -0.236. The van der Waals surface area contributed by atoms with Gasteiger partial charge in [-0.15, -0.1) is 6.58 Å². The van der Waals surface area contributed by atoms with Gasteiger partial charge in [-0.1, -0.05) is 29.3 Å². The second-order valence-corrected chi connectivity index (χ2v) is 5.14. The van der Waals surface area contributed by atoms with Crippen molar-refractivity contribution in [2.45, 2.75) is 0 Å². The average molecular weight is 321 g/mol. The summed E-state index contributed by atoms with van der Waals surface area (Å²) in [7, 11) is 0. The molecule has 0 aromatic heterocycles. The molecule has 108 valence electrons. The van der Waals surface area contributed by atoms with Crippen molar-refractivity contribution in [2.75, 3.05) is 17.2 Å². The summed E-state index contributed by atoms with van der Waals surface area (Å²) in [4.78, 5) is 12.1. The van der Waals surface area contributed by atoms with Crippen LogP contribution >= 0.6 is 23.2 Å². The Bertz CT molecular complexity index is 654. The van der Waals surface area contributed by atoms with Gasteiger partial charge in [0.25, 0.3) is 5.91 Å². The molecule has 2 aromatic carbocycles. The van der Waals surface area contributed by atoms with Gasteiger partial charge in [-0.2, -0.15) is 0 Å². The summed E-state index contributed by atoms with van der Waals surface area (Å²) >= 11 is 11.7. The smallest absolute Gasteiger partial charge is 0.255 e. The third kappa shape index (κ3) is 4.25. The third-order valence-corrected chi connectivity index (χ3v) is 3.51. The van der Waals surface area contributed by atoms with Crippen LogP contribution in [0.4, 0.5) is 11.4 Å². The number of carbonyl (C=O) groups excluding carboxylic acids is 1. The molecule has 0 bridgehead atoms. The van der Waals surface area contributed by atoms with Gasteiger partial charge in [-0.25, -0.2) is 0 Å². The Morgan fingerprint density at radius 2 is 1.71 bits per heavy atom. The molecule has 0 saturated carbocycles. The van der Waals surface area contributed by atoms with Crippen LogP contribution in [0.1, 0.15) is 10.4 Å². The van der Waals surface area contributed by atoms with Crippen molar-refractivity contribution in [3.05, 3.63) is 70.7 Å². The Hall–Kier alpha value is -1.97. The summed E-state index contributed by atoms with van der Waals surface area (Å²) in [6.07, 6.45) is 1.78. The Labute approximate surface area is 133 Å². The van der Waals surface area contributed by atoms with Gasteiger partial charge in [0.05, 0.1) is 10.0 Å². The van der Waals surface area contributed by atoms with Crippen LogP contribution in [0.2, 0.25) is 10.0 Å². The lowest BCUT2D eigenvalue weighted by Crippen LogP contribution is -2.11. The van der Waals surface area contributed by atoms with Crippen molar-refractivity contribution < 1.29 is 4.79 Å². The van der Waals surface area contributed by atoms with E-state index in [-0.39, 0.29) is 5.91 Å². The second kappa shape index (κ2) is 7.16. The van der Waals surface area contributed by atoms with Crippen molar-refractivity contribution in [1.29, 1.82) is 0 Å². The maximum absolute atomic E-state index is 12.1. The number of nitrogens with one attached hydrogen (secondary N) is 2. The predicted molar refractivity (Wildman–Crippen MR) is 89.5 cm³/mol. The summed E-state index contributed by atoms with van der Waals surface area (Å²) in [5, 5.41) is 6.73. The van der Waals surface area contributed by atoms with Crippen LogP contribution in [0.5, 0.6) is 0 Å². The highest BCUT2D eigenvalue weighted by Gasteiger charge is 2.08. The summed E-state index contributed by atoms with van der Waals surface area (Å²) in [5.74, 6) is -0.236. The number of halogens is 2. The topological polar surface area (TPSA) is 41.1 Å². The van der Waals surface area contributed by atoms with Crippen LogP contribution in [0.3, 0.4) is 0 Å². The molecule has 2 aromatic rings. The lowest BCUT2D eigenvalue weighted by molar-refractivity contribution is 0.102. The highest BCUT2D eigenvalue weighted by atomic mass is 35.5. The highest BCUT2D eigenvalue weighted by molar-refractivity contribution is 6.42. The minimum absolute atomic E-state index is 0.236. The first-order valence-corrected chi connectivity index (χ1v) is 7.07. The molecule has 0 spiro atoms. The lowest BCUT2D eigenvalue weighted by Gasteiger charge is -2.08. The average Bonchev–Trinajstić information content (AvgIpc) is 2.49. The molecule has 2 N–H and O–H groups in total. The number of anilines is 2. The maximum Gasteiger partial charge on any atom is 0.255 e. The van der Waals surface area contributed by atoms with Gasteiger partial charge in [0.1, 0.15) is 0 Å². The largest absolute Gasteiger partial charge is 0.382 e. The fraction of sp³-hybridized carbons (Fsp3) is 0.0625. The third-order valence-electron chi connectivity index (χ3n) is 2.78. The number of rotatable bonds is 5. The van der Waals surface area contributed by atoms with Crippen molar-refractivity contribution in [3.63, 3.8) is 0 Å². The van der Waals surface area contributed by atoms with E-state index in [9.17, 15) is 4.79 Å². The van der Waals surface area contributed by atoms with E-state index in [4.69, 9.17) is 23.2 Å². The van der Waals surface area contributed by atoms with Gasteiger partial charge in [-0.3, -0.25) is 4.79 Å². The van der Waals surface area contributed by atoms with E-state index in [1.807, 2.05) is 24.3 Å². The Morgan fingerprint density at radius 3 is 2.33 bits per heavy atom. The zero-order valence-electron chi connectivity index (χ0n) is 11.2. The van der Waals surface area contributed by atoms with E-state index >= 15 is 0 Å². The lowest BCUT2D eigenvalue weighted by atomic mass is 10.2. The highest BCUT2D eigenvalue weighted by Crippen LogP contribution is 2.23. The normalized spacial score (nSPS) is 10.0. The summed E-state index contributed by atoms with van der Waals surface area (Å²) in [6.45, 7) is 4.33. The standard InChI is InChI=1S/C16H14Cl2N2O/c1-2-9-19-12-4-6-13(7-5-12)20-16(21)11-3-8-14(17)15(18)10-11/h2-8,10,19H,1,9H2,(H,20,21). The first kappa shape index (κ1) is 15.4. The van der Waals surface area contributed by atoms with E-state index in [0.29, 0.717) is 27.8 Å². The van der Waals surface area contributed by atoms with Gasteiger partial charge in [-0.05, 0) is 42.5 Å². The molecule has 21 heavy (non-hydrogen) atoms. The van der Waals surface area contributed by atoms with Crippen molar-refractivity contribution in [1.82, 2.24) is 0 Å². The van der Waals surface area contributed by atoms with E-state index in [1.165, 1.54) is 0 Å². The molecule has 2 rings (SSSR count). The van der Waals surface area contributed by atoms with Crippen LogP contribution in [-0.4, -0.2) is 12.5 Å². The van der Waals surface area contributed by atoms with E-state index in [0.717, 1.165) is 5.69 Å². The monoisotopic (exact) mass is 320 g/mol. The van der Waals surface area contributed by atoms with Crippen LogP contribution < -0.4 is 10.6 Å². The van der Waals surface area contributed by atoms with Crippen molar-refractivity contribution >= 4 is 40.5 Å². The zero-order chi connectivity index (χ0) is 15.2. The number of amides is 1. The molecule has 0 aliphatic heterocycles. The second-order valence-electron chi connectivity index (χ2n) is 4.33. The molecular weight excluding hydrogens is 307 g/mol. The maximum atomic E-state index is 12.1. The summed E-state index contributed by atoms with van der Waals surface area (Å²) in [6, 6.07) is 12.2. The summed E-state index contributed by atoms with van der Waals surface area (Å²) < 4.78 is 0. The van der Waals surface area contributed by atoms with E-state index in [2.05, 4.69) is 17.2 Å². The summed E-state index contributed by atoms with van der Waals surface area (Å²) in [5.41, 5.74) is 2.12. The van der Waals surface area contributed by atoms with E-state index in [1.54, 1.807) is 24.3 Å². The number of hydrogen-bond donors (Lipinski definition) is 2. The van der Waals surface area contributed by atoms with Crippen LogP contribution in [-0.2, 0) is 0 Å². The molecule has 0 unspecified atom stereocenters. The van der Waals surface area contributed by atoms with Crippen molar-refractivity contribution in [2.24, 2.45) is 0 Å². The Kier molecular flexibility index (Phi) is 5.26. The fourth-order valence-corrected chi connectivity index (χ4v) is 2.00. The molecule has 5 heteroatoms. The SMILES string of the molecule is C=CCNc1ccc(NC(=O)c2ccc(Cl)c(Cl)c2)cc1. The Balaban J connectivity index is 2.05. The van der Waals surface area contributed by atoms with Gasteiger partial charge < -0.3 is 10.6 Å². The number of carbonyl (C=O) groups is 1. The van der Waals surface area contributed by atoms with E-state index < -0.39 is 0 Å². The molecule has 0 fully saturated rings. The molecule has 3 nitrogen and oxygen atoms in total.